The van der Waals surface area contributed by atoms with E-state index in [1.54, 1.807) is 54.6 Å². The zero-order valence-corrected chi connectivity index (χ0v) is 18.7. The van der Waals surface area contributed by atoms with Crippen LogP contribution >= 0.6 is 11.6 Å². The van der Waals surface area contributed by atoms with Gasteiger partial charge >= 0.3 is 11.9 Å². The summed E-state index contributed by atoms with van der Waals surface area (Å²) in [4.78, 5) is 23.6. The second kappa shape index (κ2) is 10.1. The van der Waals surface area contributed by atoms with Crippen molar-refractivity contribution in [3.05, 3.63) is 94.2 Å². The molecule has 0 fully saturated rings. The minimum atomic E-state index is -1.02. The van der Waals surface area contributed by atoms with E-state index in [2.05, 4.69) is 10.5 Å². The lowest BCUT2D eigenvalue weighted by Gasteiger charge is -2.13. The zero-order chi connectivity index (χ0) is 24.1. The SMILES string of the molecule is COc1cccc(/C=N/NC(=O)c2cc3cc(Cl)ccc3o2)c1OCc1cccc(C(=O)O)c1. The maximum absolute atomic E-state index is 12.4. The highest BCUT2D eigenvalue weighted by Gasteiger charge is 2.13. The summed E-state index contributed by atoms with van der Waals surface area (Å²) in [5.41, 5.74) is 4.34. The first-order valence-corrected chi connectivity index (χ1v) is 10.5. The first-order valence-electron chi connectivity index (χ1n) is 10.1. The van der Waals surface area contributed by atoms with Crippen LogP contribution in [0.1, 0.15) is 32.0 Å². The van der Waals surface area contributed by atoms with Crippen LogP contribution in [0.15, 0.2) is 76.2 Å². The van der Waals surface area contributed by atoms with Gasteiger partial charge in [-0.3, -0.25) is 4.79 Å². The molecule has 8 nitrogen and oxygen atoms in total. The molecule has 9 heteroatoms. The molecule has 0 atom stereocenters. The van der Waals surface area contributed by atoms with E-state index in [1.165, 1.54) is 25.5 Å². The van der Waals surface area contributed by atoms with Crippen LogP contribution in [0.4, 0.5) is 0 Å². The number of nitrogens with zero attached hydrogens (tertiary/aromatic N) is 1. The fourth-order valence-corrected chi connectivity index (χ4v) is 3.42. The number of rotatable bonds is 8. The Morgan fingerprint density at radius 3 is 2.74 bits per heavy atom. The standard InChI is InChI=1S/C25H19ClN2O6/c1-32-21-7-3-6-17(23(21)33-14-15-4-2-5-16(10-15)25(30)31)13-27-28-24(29)22-12-18-11-19(26)8-9-20(18)34-22/h2-13H,14H2,1H3,(H,28,29)(H,30,31)/b27-13+. The molecular formula is C25H19ClN2O6. The van der Waals surface area contributed by atoms with Gasteiger partial charge in [0.2, 0.25) is 0 Å². The second-order valence-electron chi connectivity index (χ2n) is 7.16. The predicted molar refractivity (Wildman–Crippen MR) is 127 cm³/mol. The summed E-state index contributed by atoms with van der Waals surface area (Å²) in [5.74, 6) is -0.606. The predicted octanol–water partition coefficient (Wildman–Crippen LogP) is 5.14. The molecule has 1 aromatic heterocycles. The normalized spacial score (nSPS) is 11.0. The van der Waals surface area contributed by atoms with Gasteiger partial charge in [0.1, 0.15) is 12.2 Å². The lowest BCUT2D eigenvalue weighted by molar-refractivity contribution is 0.0696. The molecule has 34 heavy (non-hydrogen) atoms. The number of fused-ring (bicyclic) bond motifs is 1. The van der Waals surface area contributed by atoms with Crippen molar-refractivity contribution in [2.24, 2.45) is 5.10 Å². The minimum absolute atomic E-state index is 0.0924. The highest BCUT2D eigenvalue weighted by atomic mass is 35.5. The van der Waals surface area contributed by atoms with Gasteiger partial charge in [-0.15, -0.1) is 0 Å². The Bertz CT molecular complexity index is 1400. The molecule has 0 aliphatic heterocycles. The summed E-state index contributed by atoms with van der Waals surface area (Å²) in [6.07, 6.45) is 1.42. The quantitative estimate of drug-likeness (QED) is 0.268. The van der Waals surface area contributed by atoms with Gasteiger partial charge in [0.25, 0.3) is 0 Å². The Morgan fingerprint density at radius 1 is 1.12 bits per heavy atom. The van der Waals surface area contributed by atoms with E-state index in [-0.39, 0.29) is 17.9 Å². The average Bonchev–Trinajstić information content (AvgIpc) is 3.26. The van der Waals surface area contributed by atoms with Crippen LogP contribution in [-0.4, -0.2) is 30.3 Å². The maximum atomic E-state index is 12.4. The molecule has 0 saturated heterocycles. The van der Waals surface area contributed by atoms with Crippen LogP contribution in [0.2, 0.25) is 5.02 Å². The molecule has 0 spiro atoms. The van der Waals surface area contributed by atoms with Gasteiger partial charge in [0.15, 0.2) is 17.3 Å². The van der Waals surface area contributed by atoms with Gasteiger partial charge in [-0.2, -0.15) is 5.10 Å². The summed E-state index contributed by atoms with van der Waals surface area (Å²) in [6, 6.07) is 18.3. The Labute approximate surface area is 199 Å². The third kappa shape index (κ3) is 5.19. The fourth-order valence-electron chi connectivity index (χ4n) is 3.24. The number of amides is 1. The van der Waals surface area contributed by atoms with Crippen LogP contribution in [0.25, 0.3) is 11.0 Å². The summed E-state index contributed by atoms with van der Waals surface area (Å²) < 4.78 is 16.8. The summed E-state index contributed by atoms with van der Waals surface area (Å²) in [6.45, 7) is 0.107. The van der Waals surface area contributed by atoms with Crippen LogP contribution in [0.5, 0.6) is 11.5 Å². The number of furan rings is 1. The van der Waals surface area contributed by atoms with E-state index in [0.717, 1.165) is 0 Å². The molecule has 0 aliphatic carbocycles. The number of aromatic carboxylic acids is 1. The molecule has 0 aliphatic rings. The number of hydrogen-bond acceptors (Lipinski definition) is 6. The number of carbonyl (C=O) groups excluding carboxylic acids is 1. The summed E-state index contributed by atoms with van der Waals surface area (Å²) >= 11 is 5.97. The van der Waals surface area contributed by atoms with Gasteiger partial charge in [-0.1, -0.05) is 29.8 Å². The number of carbonyl (C=O) groups is 2. The monoisotopic (exact) mass is 478 g/mol. The summed E-state index contributed by atoms with van der Waals surface area (Å²) in [7, 11) is 1.50. The molecule has 0 unspecified atom stereocenters. The van der Waals surface area contributed by atoms with Crippen molar-refractivity contribution in [2.75, 3.05) is 7.11 Å². The lowest BCUT2D eigenvalue weighted by Crippen LogP contribution is -2.16. The highest BCUT2D eigenvalue weighted by molar-refractivity contribution is 6.31. The Kier molecular flexibility index (Phi) is 6.79. The molecule has 172 valence electrons. The number of para-hydroxylation sites is 1. The van der Waals surface area contributed by atoms with Gasteiger partial charge in [-0.25, -0.2) is 10.2 Å². The van der Waals surface area contributed by atoms with Crippen molar-refractivity contribution >= 4 is 40.7 Å². The van der Waals surface area contributed by atoms with Gasteiger partial charge in [0, 0.05) is 16.0 Å². The number of methoxy groups -OCH3 is 1. The molecular weight excluding hydrogens is 460 g/mol. The first kappa shape index (κ1) is 22.9. The van der Waals surface area contributed by atoms with E-state index < -0.39 is 11.9 Å². The van der Waals surface area contributed by atoms with Crippen LogP contribution in [-0.2, 0) is 6.61 Å². The van der Waals surface area contributed by atoms with Crippen molar-refractivity contribution < 1.29 is 28.6 Å². The fraction of sp³-hybridized carbons (Fsp3) is 0.0800. The van der Waals surface area contributed by atoms with Crippen molar-refractivity contribution in [1.82, 2.24) is 5.43 Å². The van der Waals surface area contributed by atoms with Crippen molar-refractivity contribution in [3.63, 3.8) is 0 Å². The number of halogens is 1. The number of nitrogens with one attached hydrogen (secondary N) is 1. The number of carboxylic acids is 1. The lowest BCUT2D eigenvalue weighted by atomic mass is 10.1. The van der Waals surface area contributed by atoms with Crippen molar-refractivity contribution in [1.29, 1.82) is 0 Å². The molecule has 0 bridgehead atoms. The Morgan fingerprint density at radius 2 is 1.94 bits per heavy atom. The molecule has 0 radical (unpaired) electrons. The molecule has 0 saturated carbocycles. The maximum Gasteiger partial charge on any atom is 0.335 e. The van der Waals surface area contributed by atoms with Gasteiger partial charge in [0.05, 0.1) is 18.9 Å². The molecule has 1 amide bonds. The molecule has 4 rings (SSSR count). The number of hydrazone groups is 1. The van der Waals surface area contributed by atoms with E-state index in [4.69, 9.17) is 25.5 Å². The van der Waals surface area contributed by atoms with E-state index in [0.29, 0.717) is 38.6 Å². The smallest absolute Gasteiger partial charge is 0.335 e. The number of carboxylic acid groups (broad SMARTS) is 1. The highest BCUT2D eigenvalue weighted by Crippen LogP contribution is 2.31. The van der Waals surface area contributed by atoms with Crippen LogP contribution < -0.4 is 14.9 Å². The van der Waals surface area contributed by atoms with Crippen molar-refractivity contribution in [3.8, 4) is 11.5 Å². The number of hydrogen-bond donors (Lipinski definition) is 2. The Hall–Kier alpha value is -4.30. The topological polar surface area (TPSA) is 110 Å². The minimum Gasteiger partial charge on any atom is -0.493 e. The third-order valence-electron chi connectivity index (χ3n) is 4.86. The van der Waals surface area contributed by atoms with E-state index >= 15 is 0 Å². The van der Waals surface area contributed by atoms with Gasteiger partial charge in [-0.05, 0) is 54.1 Å². The Balaban J connectivity index is 1.49. The average molecular weight is 479 g/mol. The van der Waals surface area contributed by atoms with Crippen LogP contribution in [0, 0.1) is 0 Å². The van der Waals surface area contributed by atoms with Gasteiger partial charge < -0.3 is 19.0 Å². The number of benzene rings is 3. The zero-order valence-electron chi connectivity index (χ0n) is 17.9. The molecule has 2 N–H and O–H groups in total. The van der Waals surface area contributed by atoms with E-state index in [1.807, 2.05) is 0 Å². The van der Waals surface area contributed by atoms with Crippen molar-refractivity contribution in [2.45, 2.75) is 6.61 Å². The third-order valence-corrected chi connectivity index (χ3v) is 5.09. The summed E-state index contributed by atoms with van der Waals surface area (Å²) in [5, 5.41) is 14.4. The molecule has 1 heterocycles. The molecule has 4 aromatic rings. The molecule has 3 aromatic carbocycles. The second-order valence-corrected chi connectivity index (χ2v) is 7.60. The van der Waals surface area contributed by atoms with E-state index in [9.17, 15) is 14.7 Å². The van der Waals surface area contributed by atoms with Crippen LogP contribution in [0.3, 0.4) is 0 Å². The number of ether oxygens (including phenoxy) is 2. The largest absolute Gasteiger partial charge is 0.493 e. The first-order chi connectivity index (χ1) is 16.4.